The maximum Gasteiger partial charge on any atom is 0.259 e. The quantitative estimate of drug-likeness (QED) is 0.492. The molecule has 0 aromatic heterocycles. The molecule has 0 heterocycles. The van der Waals surface area contributed by atoms with E-state index in [4.69, 9.17) is 0 Å². The molecule has 19 heavy (non-hydrogen) atoms. The summed E-state index contributed by atoms with van der Waals surface area (Å²) in [4.78, 5) is 12.0. The van der Waals surface area contributed by atoms with E-state index >= 15 is 0 Å². The fraction of sp³-hybridized carbons (Fsp3) is 0.0714. The smallest absolute Gasteiger partial charge is 0.259 e. The zero-order valence-corrected chi connectivity index (χ0v) is 10.2. The minimum atomic E-state index is -0.494. The van der Waals surface area contributed by atoms with Crippen molar-refractivity contribution in [3.05, 3.63) is 47.5 Å². The molecule has 4 N–H and O–H groups in total. The molecule has 0 bridgehead atoms. The lowest BCUT2D eigenvalue weighted by molar-refractivity contribution is 0.102. The fourth-order valence-electron chi connectivity index (χ4n) is 1.63. The maximum absolute atomic E-state index is 12.0. The Kier molecular flexibility index (Phi) is 3.29. The Hall–Kier alpha value is -2.69. The van der Waals surface area contributed by atoms with E-state index in [1.807, 2.05) is 6.92 Å². The molecule has 0 spiro atoms. The van der Waals surface area contributed by atoms with Crippen molar-refractivity contribution in [1.29, 1.82) is 0 Å². The van der Waals surface area contributed by atoms with E-state index in [-0.39, 0.29) is 22.8 Å². The molecule has 0 fully saturated rings. The van der Waals surface area contributed by atoms with Crippen molar-refractivity contribution in [2.24, 2.45) is 0 Å². The van der Waals surface area contributed by atoms with Crippen molar-refractivity contribution in [3.63, 3.8) is 0 Å². The van der Waals surface area contributed by atoms with Crippen molar-refractivity contribution in [1.82, 2.24) is 0 Å². The highest BCUT2D eigenvalue weighted by atomic mass is 16.3. The van der Waals surface area contributed by atoms with Gasteiger partial charge in [-0.1, -0.05) is 11.6 Å². The molecule has 5 heteroatoms. The summed E-state index contributed by atoms with van der Waals surface area (Å²) in [5.41, 5.74) is 1.31. The average molecular weight is 259 g/mol. The van der Waals surface area contributed by atoms with Gasteiger partial charge >= 0.3 is 0 Å². The van der Waals surface area contributed by atoms with Crippen LogP contribution in [0.1, 0.15) is 15.9 Å². The highest BCUT2D eigenvalue weighted by molar-refractivity contribution is 6.06. The molecule has 0 aliphatic rings. The van der Waals surface area contributed by atoms with Gasteiger partial charge in [-0.25, -0.2) is 0 Å². The maximum atomic E-state index is 12.0. The van der Waals surface area contributed by atoms with Gasteiger partial charge in [0.05, 0.1) is 5.56 Å². The Morgan fingerprint density at radius 2 is 1.63 bits per heavy atom. The summed E-state index contributed by atoms with van der Waals surface area (Å²) in [6, 6.07) is 8.63. The van der Waals surface area contributed by atoms with Crippen molar-refractivity contribution in [2.75, 3.05) is 5.32 Å². The molecule has 1 amide bonds. The third-order valence-corrected chi connectivity index (χ3v) is 2.63. The Morgan fingerprint density at radius 1 is 0.947 bits per heavy atom. The van der Waals surface area contributed by atoms with Gasteiger partial charge in [-0.05, 0) is 31.2 Å². The first-order chi connectivity index (χ1) is 8.97. The van der Waals surface area contributed by atoms with Crippen LogP contribution in [0.2, 0.25) is 0 Å². The van der Waals surface area contributed by atoms with Crippen molar-refractivity contribution in [2.45, 2.75) is 6.92 Å². The van der Waals surface area contributed by atoms with E-state index in [2.05, 4.69) is 5.32 Å². The second kappa shape index (κ2) is 4.89. The highest BCUT2D eigenvalue weighted by Gasteiger charge is 2.12. The molecule has 98 valence electrons. The summed E-state index contributed by atoms with van der Waals surface area (Å²) in [5.74, 6) is -1.21. The highest BCUT2D eigenvalue weighted by Crippen LogP contribution is 2.28. The van der Waals surface area contributed by atoms with Gasteiger partial charge in [-0.3, -0.25) is 4.79 Å². The van der Waals surface area contributed by atoms with Crippen LogP contribution < -0.4 is 5.32 Å². The number of anilines is 1. The SMILES string of the molecule is Cc1ccc(O)c(C(=O)Nc2ccc(O)c(O)c2)c1. The van der Waals surface area contributed by atoms with Gasteiger partial charge in [0.2, 0.25) is 0 Å². The van der Waals surface area contributed by atoms with Gasteiger partial charge in [0.15, 0.2) is 11.5 Å². The van der Waals surface area contributed by atoms with Crippen LogP contribution in [0.15, 0.2) is 36.4 Å². The number of phenolic OH excluding ortho intramolecular Hbond substituents is 3. The van der Waals surface area contributed by atoms with E-state index in [1.54, 1.807) is 12.1 Å². The summed E-state index contributed by atoms with van der Waals surface area (Å²) >= 11 is 0. The Labute approximate surface area is 109 Å². The summed E-state index contributed by atoms with van der Waals surface area (Å²) in [6.45, 7) is 1.81. The van der Waals surface area contributed by atoms with Crippen molar-refractivity contribution < 1.29 is 20.1 Å². The number of rotatable bonds is 2. The second-order valence-electron chi connectivity index (χ2n) is 4.18. The van der Waals surface area contributed by atoms with Crippen LogP contribution in [-0.4, -0.2) is 21.2 Å². The average Bonchev–Trinajstić information content (AvgIpc) is 2.36. The molecule has 5 nitrogen and oxygen atoms in total. The van der Waals surface area contributed by atoms with Crippen LogP contribution in [0, 0.1) is 6.92 Å². The number of phenols is 3. The van der Waals surface area contributed by atoms with E-state index in [0.29, 0.717) is 5.69 Å². The lowest BCUT2D eigenvalue weighted by Gasteiger charge is -2.08. The van der Waals surface area contributed by atoms with Crippen LogP contribution in [0.25, 0.3) is 0 Å². The second-order valence-corrected chi connectivity index (χ2v) is 4.18. The van der Waals surface area contributed by atoms with E-state index in [1.165, 1.54) is 24.3 Å². The van der Waals surface area contributed by atoms with Crippen LogP contribution >= 0.6 is 0 Å². The molecule has 2 aromatic carbocycles. The number of hydrogen-bond donors (Lipinski definition) is 4. The lowest BCUT2D eigenvalue weighted by atomic mass is 10.1. The monoisotopic (exact) mass is 259 g/mol. The van der Waals surface area contributed by atoms with Crippen LogP contribution in [-0.2, 0) is 0 Å². The molecule has 2 rings (SSSR count). The fourth-order valence-corrected chi connectivity index (χ4v) is 1.63. The number of nitrogens with one attached hydrogen (secondary N) is 1. The number of aromatic hydroxyl groups is 3. The minimum absolute atomic E-state index is 0.119. The number of carbonyl (C=O) groups is 1. The summed E-state index contributed by atoms with van der Waals surface area (Å²) < 4.78 is 0. The largest absolute Gasteiger partial charge is 0.507 e. The first-order valence-corrected chi connectivity index (χ1v) is 5.60. The predicted molar refractivity (Wildman–Crippen MR) is 70.6 cm³/mol. The Bertz CT molecular complexity index is 637. The standard InChI is InChI=1S/C14H13NO4/c1-8-2-4-11(16)10(6-8)14(19)15-9-3-5-12(17)13(18)7-9/h2-7,16-18H,1H3,(H,15,19). The molecule has 0 saturated carbocycles. The van der Waals surface area contributed by atoms with Gasteiger partial charge < -0.3 is 20.6 Å². The van der Waals surface area contributed by atoms with Crippen molar-refractivity contribution in [3.8, 4) is 17.2 Å². The molecular weight excluding hydrogens is 246 g/mol. The topological polar surface area (TPSA) is 89.8 Å². The van der Waals surface area contributed by atoms with Gasteiger partial charge in [0.1, 0.15) is 5.75 Å². The summed E-state index contributed by atoms with van der Waals surface area (Å²) in [5, 5.41) is 30.7. The van der Waals surface area contributed by atoms with Crippen LogP contribution in [0.5, 0.6) is 17.2 Å². The first kappa shape index (κ1) is 12.8. The van der Waals surface area contributed by atoms with Crippen LogP contribution in [0.3, 0.4) is 0 Å². The lowest BCUT2D eigenvalue weighted by Crippen LogP contribution is -2.12. The summed E-state index contributed by atoms with van der Waals surface area (Å²) in [7, 11) is 0. The molecule has 0 radical (unpaired) electrons. The molecule has 0 unspecified atom stereocenters. The van der Waals surface area contributed by atoms with E-state index in [9.17, 15) is 20.1 Å². The molecule has 0 atom stereocenters. The molecule has 0 aliphatic carbocycles. The number of aryl methyl sites for hydroxylation is 1. The number of hydrogen-bond acceptors (Lipinski definition) is 4. The molecule has 0 saturated heterocycles. The minimum Gasteiger partial charge on any atom is -0.507 e. The van der Waals surface area contributed by atoms with E-state index < -0.39 is 5.91 Å². The van der Waals surface area contributed by atoms with Crippen LogP contribution in [0.4, 0.5) is 5.69 Å². The van der Waals surface area contributed by atoms with E-state index in [0.717, 1.165) is 5.56 Å². The van der Waals surface area contributed by atoms with Gasteiger partial charge in [0.25, 0.3) is 5.91 Å². The molecule has 0 aliphatic heterocycles. The first-order valence-electron chi connectivity index (χ1n) is 5.60. The third kappa shape index (κ3) is 2.77. The Morgan fingerprint density at radius 3 is 2.32 bits per heavy atom. The zero-order chi connectivity index (χ0) is 14.0. The number of amides is 1. The van der Waals surface area contributed by atoms with Gasteiger partial charge in [-0.15, -0.1) is 0 Å². The number of carbonyl (C=O) groups excluding carboxylic acids is 1. The molecular formula is C14H13NO4. The normalized spacial score (nSPS) is 10.2. The van der Waals surface area contributed by atoms with Gasteiger partial charge in [-0.2, -0.15) is 0 Å². The van der Waals surface area contributed by atoms with Crippen molar-refractivity contribution >= 4 is 11.6 Å². The molecule has 2 aromatic rings. The number of benzene rings is 2. The zero-order valence-electron chi connectivity index (χ0n) is 10.2. The summed E-state index contributed by atoms with van der Waals surface area (Å²) in [6.07, 6.45) is 0. The van der Waals surface area contributed by atoms with Gasteiger partial charge in [0, 0.05) is 11.8 Å². The predicted octanol–water partition coefficient (Wildman–Crippen LogP) is 2.36. The Balaban J connectivity index is 2.25. The third-order valence-electron chi connectivity index (χ3n) is 2.63.